The van der Waals surface area contributed by atoms with Crippen LogP contribution in [0.2, 0.25) is 5.02 Å². The summed E-state index contributed by atoms with van der Waals surface area (Å²) in [5.41, 5.74) is 4.93. The highest BCUT2D eigenvalue weighted by molar-refractivity contribution is 6.30. The number of nitrogens with one attached hydrogen (secondary N) is 1. The first kappa shape index (κ1) is 29.2. The van der Waals surface area contributed by atoms with E-state index in [1.165, 1.54) is 6.21 Å². The number of halogens is 1. The second kappa shape index (κ2) is 14.5. The van der Waals surface area contributed by atoms with Crippen molar-refractivity contribution in [2.75, 3.05) is 13.2 Å². The second-order valence-corrected chi connectivity index (χ2v) is 9.06. The van der Waals surface area contributed by atoms with Crippen molar-refractivity contribution in [3.8, 4) is 23.0 Å². The Morgan fingerprint density at radius 3 is 2.05 bits per heavy atom. The van der Waals surface area contributed by atoms with E-state index in [1.807, 2.05) is 26.0 Å². The fourth-order valence-electron chi connectivity index (χ4n) is 3.65. The zero-order chi connectivity index (χ0) is 29.0. The fraction of sp³-hybridized carbons (Fsp3) is 0.156. The summed E-state index contributed by atoms with van der Waals surface area (Å²) >= 11 is 5.91. The minimum absolute atomic E-state index is 0.269. The van der Waals surface area contributed by atoms with Crippen LogP contribution in [0.25, 0.3) is 0 Å². The molecule has 8 nitrogen and oxygen atoms in total. The number of ether oxygens (including phenoxy) is 4. The third-order valence-electron chi connectivity index (χ3n) is 5.69. The van der Waals surface area contributed by atoms with E-state index < -0.39 is 5.97 Å². The molecule has 0 unspecified atom stereocenters. The van der Waals surface area contributed by atoms with Crippen molar-refractivity contribution in [3.05, 3.63) is 118 Å². The Labute approximate surface area is 243 Å². The Bertz CT molecular complexity index is 1490. The summed E-state index contributed by atoms with van der Waals surface area (Å²) in [7, 11) is 0. The molecule has 210 valence electrons. The molecule has 0 atom stereocenters. The van der Waals surface area contributed by atoms with Crippen LogP contribution in [0, 0.1) is 0 Å². The minimum atomic E-state index is -0.524. The van der Waals surface area contributed by atoms with Gasteiger partial charge < -0.3 is 18.9 Å². The number of esters is 1. The van der Waals surface area contributed by atoms with Crippen molar-refractivity contribution in [1.82, 2.24) is 5.43 Å². The number of hydrazone groups is 1. The highest BCUT2D eigenvalue weighted by Gasteiger charge is 2.14. The van der Waals surface area contributed by atoms with E-state index in [0.29, 0.717) is 58.8 Å². The van der Waals surface area contributed by atoms with Gasteiger partial charge >= 0.3 is 5.97 Å². The first-order valence-corrected chi connectivity index (χ1v) is 13.4. The maximum Gasteiger partial charge on any atom is 0.343 e. The van der Waals surface area contributed by atoms with E-state index in [2.05, 4.69) is 10.5 Å². The van der Waals surface area contributed by atoms with Gasteiger partial charge in [0.05, 0.1) is 25.0 Å². The van der Waals surface area contributed by atoms with Crippen LogP contribution in [0.15, 0.2) is 96.1 Å². The number of carbonyl (C=O) groups excluding carboxylic acids is 2. The van der Waals surface area contributed by atoms with Gasteiger partial charge in [-0.25, -0.2) is 10.2 Å². The number of amides is 1. The SMILES string of the molecule is CCOc1ccc(C(=O)Oc2ccc(/C=N/NC(=O)c3ccc(OCc4ccc(Cl)cc4)cc3)cc2OCC)cc1. The van der Waals surface area contributed by atoms with Crippen molar-refractivity contribution < 1.29 is 28.5 Å². The largest absolute Gasteiger partial charge is 0.494 e. The first-order chi connectivity index (χ1) is 19.9. The molecule has 0 aliphatic heterocycles. The molecule has 0 fully saturated rings. The molecule has 0 saturated carbocycles. The Morgan fingerprint density at radius 1 is 0.756 bits per heavy atom. The lowest BCUT2D eigenvalue weighted by Gasteiger charge is -2.11. The highest BCUT2D eigenvalue weighted by Crippen LogP contribution is 2.29. The van der Waals surface area contributed by atoms with Crippen LogP contribution < -0.4 is 24.4 Å². The lowest BCUT2D eigenvalue weighted by atomic mass is 10.2. The van der Waals surface area contributed by atoms with E-state index in [9.17, 15) is 9.59 Å². The van der Waals surface area contributed by atoms with Gasteiger partial charge in [-0.1, -0.05) is 23.7 Å². The molecule has 1 amide bonds. The summed E-state index contributed by atoms with van der Waals surface area (Å²) in [5, 5.41) is 4.71. The molecule has 0 spiro atoms. The lowest BCUT2D eigenvalue weighted by molar-refractivity contribution is 0.0728. The summed E-state index contributed by atoms with van der Waals surface area (Å²) in [6, 6.07) is 25.8. The molecule has 4 aromatic carbocycles. The summed E-state index contributed by atoms with van der Waals surface area (Å²) in [5.74, 6) is 1.04. The van der Waals surface area contributed by atoms with Gasteiger partial charge in [0, 0.05) is 10.6 Å². The maximum absolute atomic E-state index is 12.6. The number of rotatable bonds is 12. The molecule has 0 aromatic heterocycles. The lowest BCUT2D eigenvalue weighted by Crippen LogP contribution is -2.17. The van der Waals surface area contributed by atoms with Crippen LogP contribution in [0.1, 0.15) is 45.7 Å². The number of hydrogen-bond acceptors (Lipinski definition) is 7. The van der Waals surface area contributed by atoms with E-state index in [1.54, 1.807) is 78.9 Å². The van der Waals surface area contributed by atoms with Crippen molar-refractivity contribution in [3.63, 3.8) is 0 Å². The van der Waals surface area contributed by atoms with Gasteiger partial charge in [-0.05, 0) is 104 Å². The molecule has 0 saturated heterocycles. The topological polar surface area (TPSA) is 95.5 Å². The third-order valence-corrected chi connectivity index (χ3v) is 5.94. The highest BCUT2D eigenvalue weighted by atomic mass is 35.5. The summed E-state index contributed by atoms with van der Waals surface area (Å²) in [4.78, 5) is 25.2. The van der Waals surface area contributed by atoms with Crippen molar-refractivity contribution >= 4 is 29.7 Å². The molecule has 4 aromatic rings. The molecule has 9 heteroatoms. The fourth-order valence-corrected chi connectivity index (χ4v) is 3.78. The maximum atomic E-state index is 12.6. The Kier molecular flexibility index (Phi) is 10.3. The molecule has 0 aliphatic rings. The van der Waals surface area contributed by atoms with E-state index in [4.69, 9.17) is 30.5 Å². The Morgan fingerprint density at radius 2 is 1.39 bits per heavy atom. The zero-order valence-corrected chi connectivity index (χ0v) is 23.4. The molecular formula is C32H29ClN2O6. The van der Waals surface area contributed by atoms with Gasteiger partial charge in [0.1, 0.15) is 18.1 Å². The Balaban J connectivity index is 1.33. The van der Waals surface area contributed by atoms with E-state index in [-0.39, 0.29) is 11.7 Å². The first-order valence-electron chi connectivity index (χ1n) is 13.0. The number of nitrogens with zero attached hydrogens (tertiary/aromatic N) is 1. The average Bonchev–Trinajstić information content (AvgIpc) is 2.99. The van der Waals surface area contributed by atoms with Crippen molar-refractivity contribution in [1.29, 1.82) is 0 Å². The predicted octanol–water partition coefficient (Wildman–Crippen LogP) is 6.70. The zero-order valence-electron chi connectivity index (χ0n) is 22.6. The molecule has 0 heterocycles. The normalized spacial score (nSPS) is 10.7. The standard InChI is InChI=1S/C32H29ClN2O6/c1-3-38-27-16-10-25(11-17-27)32(37)41-29-18-7-23(19-30(29)39-4-2)20-34-35-31(36)24-8-14-28(15-9-24)40-21-22-5-12-26(33)13-6-22/h5-20H,3-4,21H2,1-2H3,(H,35,36)/b34-20+. The molecule has 4 rings (SSSR count). The van der Waals surface area contributed by atoms with Crippen LogP contribution >= 0.6 is 11.6 Å². The van der Waals surface area contributed by atoms with Crippen LogP contribution in [-0.4, -0.2) is 31.3 Å². The molecule has 0 aliphatic carbocycles. The van der Waals surface area contributed by atoms with Gasteiger partial charge in [0.15, 0.2) is 11.5 Å². The van der Waals surface area contributed by atoms with E-state index in [0.717, 1.165) is 5.56 Å². The van der Waals surface area contributed by atoms with Gasteiger partial charge in [-0.3, -0.25) is 4.79 Å². The second-order valence-electron chi connectivity index (χ2n) is 8.62. The summed E-state index contributed by atoms with van der Waals surface area (Å²) in [6.45, 7) is 5.00. The van der Waals surface area contributed by atoms with Gasteiger partial charge in [0.2, 0.25) is 0 Å². The number of carbonyl (C=O) groups is 2. The molecule has 41 heavy (non-hydrogen) atoms. The number of hydrogen-bond donors (Lipinski definition) is 1. The molecular weight excluding hydrogens is 544 g/mol. The molecule has 0 bridgehead atoms. The van der Waals surface area contributed by atoms with Crippen molar-refractivity contribution in [2.45, 2.75) is 20.5 Å². The number of benzene rings is 4. The van der Waals surface area contributed by atoms with Crippen LogP contribution in [0.3, 0.4) is 0 Å². The third kappa shape index (κ3) is 8.58. The Hall–Kier alpha value is -4.82. The van der Waals surface area contributed by atoms with Crippen molar-refractivity contribution in [2.24, 2.45) is 5.10 Å². The van der Waals surface area contributed by atoms with Gasteiger partial charge in [-0.15, -0.1) is 0 Å². The monoisotopic (exact) mass is 572 g/mol. The molecule has 1 N–H and O–H groups in total. The van der Waals surface area contributed by atoms with Crippen LogP contribution in [-0.2, 0) is 6.61 Å². The van der Waals surface area contributed by atoms with Crippen LogP contribution in [0.5, 0.6) is 23.0 Å². The summed E-state index contributed by atoms with van der Waals surface area (Å²) in [6.07, 6.45) is 1.47. The van der Waals surface area contributed by atoms with Gasteiger partial charge in [-0.2, -0.15) is 5.10 Å². The van der Waals surface area contributed by atoms with Gasteiger partial charge in [0.25, 0.3) is 5.91 Å². The minimum Gasteiger partial charge on any atom is -0.494 e. The quantitative estimate of drug-likeness (QED) is 0.0878. The summed E-state index contributed by atoms with van der Waals surface area (Å²) < 4.78 is 22.4. The molecule has 0 radical (unpaired) electrons. The van der Waals surface area contributed by atoms with Crippen LogP contribution in [0.4, 0.5) is 0 Å². The predicted molar refractivity (Wildman–Crippen MR) is 157 cm³/mol. The van der Waals surface area contributed by atoms with E-state index >= 15 is 0 Å². The average molecular weight is 573 g/mol. The smallest absolute Gasteiger partial charge is 0.343 e.